The van der Waals surface area contributed by atoms with Crippen molar-refractivity contribution in [2.45, 2.75) is 18.8 Å². The van der Waals surface area contributed by atoms with Crippen LogP contribution in [0.2, 0.25) is 0 Å². The highest BCUT2D eigenvalue weighted by Gasteiger charge is 2.26. The molecule has 0 saturated carbocycles. The number of carbonyl (C=O) groups excluding carboxylic acids is 2. The van der Waals surface area contributed by atoms with Crippen molar-refractivity contribution in [2.24, 2.45) is 5.73 Å². The van der Waals surface area contributed by atoms with E-state index in [0.717, 1.165) is 36.4 Å². The van der Waals surface area contributed by atoms with E-state index in [1.54, 1.807) is 24.3 Å². The summed E-state index contributed by atoms with van der Waals surface area (Å²) in [7, 11) is 0. The summed E-state index contributed by atoms with van der Waals surface area (Å²) in [6.45, 7) is 1.78. The van der Waals surface area contributed by atoms with E-state index in [-0.39, 0.29) is 18.4 Å². The standard InChI is InChI=1S/C21H22N4O3/c22-20(27)15-7-1-2-8-16(15)23-19(26)13-25-11-5-6-14(12-25)21-24-17-9-3-4-10-18(17)28-21/h1-4,7-10,14H,5-6,11-13H2,(H2,22,27)(H,23,26)/t14-/m1/s1. The second-order valence-electron chi connectivity index (χ2n) is 7.05. The van der Waals surface area contributed by atoms with Crippen molar-refractivity contribution in [2.75, 3.05) is 25.0 Å². The van der Waals surface area contributed by atoms with Crippen LogP contribution in [0.3, 0.4) is 0 Å². The maximum absolute atomic E-state index is 12.5. The fraction of sp³-hybridized carbons (Fsp3) is 0.286. The van der Waals surface area contributed by atoms with Crippen molar-refractivity contribution in [3.05, 3.63) is 60.0 Å². The Morgan fingerprint density at radius 3 is 2.79 bits per heavy atom. The minimum atomic E-state index is -0.565. The summed E-state index contributed by atoms with van der Waals surface area (Å²) < 4.78 is 5.91. The van der Waals surface area contributed by atoms with Crippen LogP contribution in [0.25, 0.3) is 11.1 Å². The Labute approximate surface area is 162 Å². The first-order valence-corrected chi connectivity index (χ1v) is 9.36. The maximum atomic E-state index is 12.5. The van der Waals surface area contributed by atoms with Gasteiger partial charge in [0.05, 0.1) is 17.8 Å². The largest absolute Gasteiger partial charge is 0.440 e. The fourth-order valence-corrected chi connectivity index (χ4v) is 3.67. The zero-order valence-electron chi connectivity index (χ0n) is 15.4. The van der Waals surface area contributed by atoms with Crippen LogP contribution in [-0.4, -0.2) is 41.3 Å². The van der Waals surface area contributed by atoms with E-state index in [1.165, 1.54) is 0 Å². The van der Waals surface area contributed by atoms with Gasteiger partial charge in [0.15, 0.2) is 11.5 Å². The summed E-state index contributed by atoms with van der Waals surface area (Å²) >= 11 is 0. The predicted molar refractivity (Wildman–Crippen MR) is 106 cm³/mol. The monoisotopic (exact) mass is 378 g/mol. The number of anilines is 1. The number of nitrogens with zero attached hydrogens (tertiary/aromatic N) is 2. The number of oxazole rings is 1. The quantitative estimate of drug-likeness (QED) is 0.711. The zero-order chi connectivity index (χ0) is 19.5. The number of amides is 2. The molecule has 1 aliphatic rings. The van der Waals surface area contributed by atoms with Crippen LogP contribution in [0.1, 0.15) is 35.0 Å². The van der Waals surface area contributed by atoms with E-state index < -0.39 is 5.91 Å². The third kappa shape index (κ3) is 3.89. The van der Waals surface area contributed by atoms with Crippen molar-refractivity contribution in [3.8, 4) is 0 Å². The van der Waals surface area contributed by atoms with Gasteiger partial charge in [-0.2, -0.15) is 0 Å². The lowest BCUT2D eigenvalue weighted by atomic mass is 9.98. The molecule has 0 unspecified atom stereocenters. The number of fused-ring (bicyclic) bond motifs is 1. The molecule has 7 nitrogen and oxygen atoms in total. The molecule has 28 heavy (non-hydrogen) atoms. The summed E-state index contributed by atoms with van der Waals surface area (Å²) in [4.78, 5) is 30.7. The number of hydrogen-bond donors (Lipinski definition) is 2. The highest BCUT2D eigenvalue weighted by Crippen LogP contribution is 2.29. The SMILES string of the molecule is NC(=O)c1ccccc1NC(=O)CN1CCC[C@@H](c2nc3ccccc3o2)C1. The van der Waals surface area contributed by atoms with Gasteiger partial charge in [-0.25, -0.2) is 4.98 Å². The van der Waals surface area contributed by atoms with Gasteiger partial charge >= 0.3 is 0 Å². The van der Waals surface area contributed by atoms with Crippen molar-refractivity contribution >= 4 is 28.6 Å². The number of aromatic nitrogens is 1. The molecule has 2 heterocycles. The number of nitrogens with one attached hydrogen (secondary N) is 1. The van der Waals surface area contributed by atoms with Gasteiger partial charge in [-0.3, -0.25) is 14.5 Å². The minimum absolute atomic E-state index is 0.159. The third-order valence-corrected chi connectivity index (χ3v) is 5.00. The molecule has 1 saturated heterocycles. The van der Waals surface area contributed by atoms with Crippen LogP contribution < -0.4 is 11.1 Å². The molecule has 0 bridgehead atoms. The smallest absolute Gasteiger partial charge is 0.250 e. The second kappa shape index (κ2) is 7.82. The van der Waals surface area contributed by atoms with E-state index in [1.807, 2.05) is 24.3 Å². The summed E-state index contributed by atoms with van der Waals surface area (Å²) in [6, 6.07) is 14.5. The van der Waals surface area contributed by atoms with Crippen LogP contribution in [0.5, 0.6) is 0 Å². The highest BCUT2D eigenvalue weighted by atomic mass is 16.3. The third-order valence-electron chi connectivity index (χ3n) is 5.00. The number of benzene rings is 2. The van der Waals surface area contributed by atoms with Crippen molar-refractivity contribution in [3.63, 3.8) is 0 Å². The van der Waals surface area contributed by atoms with Gasteiger partial charge in [-0.15, -0.1) is 0 Å². The predicted octanol–water partition coefficient (Wildman–Crippen LogP) is 2.74. The molecule has 3 aromatic rings. The number of hydrogen-bond acceptors (Lipinski definition) is 5. The number of likely N-dealkylation sites (tertiary alicyclic amines) is 1. The molecule has 1 aromatic heterocycles. The molecule has 1 aliphatic heterocycles. The average Bonchev–Trinajstić information content (AvgIpc) is 3.13. The van der Waals surface area contributed by atoms with Crippen LogP contribution in [0.15, 0.2) is 52.9 Å². The number of nitrogens with two attached hydrogens (primary N) is 1. The van der Waals surface area contributed by atoms with Crippen molar-refractivity contribution in [1.82, 2.24) is 9.88 Å². The van der Waals surface area contributed by atoms with Gasteiger partial charge in [0.2, 0.25) is 5.91 Å². The number of rotatable bonds is 5. The van der Waals surface area contributed by atoms with Crippen LogP contribution in [0.4, 0.5) is 5.69 Å². The Morgan fingerprint density at radius 1 is 1.18 bits per heavy atom. The first-order valence-electron chi connectivity index (χ1n) is 9.36. The molecule has 3 N–H and O–H groups in total. The number of primary amides is 1. The van der Waals surface area contributed by atoms with E-state index in [9.17, 15) is 9.59 Å². The van der Waals surface area contributed by atoms with Crippen molar-refractivity contribution < 1.29 is 14.0 Å². The first-order chi connectivity index (χ1) is 13.6. The molecule has 2 amide bonds. The first kappa shape index (κ1) is 18.2. The highest BCUT2D eigenvalue weighted by molar-refractivity contribution is 6.03. The molecule has 0 aliphatic carbocycles. The molecule has 1 atom stereocenters. The van der Waals surface area contributed by atoms with Crippen LogP contribution >= 0.6 is 0 Å². The van der Waals surface area contributed by atoms with Crippen LogP contribution in [-0.2, 0) is 4.79 Å². The number of piperidine rings is 1. The van der Waals surface area contributed by atoms with Crippen molar-refractivity contribution in [1.29, 1.82) is 0 Å². The normalized spacial score (nSPS) is 17.5. The number of para-hydroxylation sites is 3. The molecule has 7 heteroatoms. The van der Waals surface area contributed by atoms with Gasteiger partial charge in [0, 0.05) is 12.5 Å². The lowest BCUT2D eigenvalue weighted by molar-refractivity contribution is -0.117. The summed E-state index contributed by atoms with van der Waals surface area (Å²) in [5, 5.41) is 2.79. The topological polar surface area (TPSA) is 101 Å². The molecule has 4 rings (SSSR count). The fourth-order valence-electron chi connectivity index (χ4n) is 3.67. The molecule has 0 radical (unpaired) electrons. The Morgan fingerprint density at radius 2 is 1.96 bits per heavy atom. The van der Waals surface area contributed by atoms with Gasteiger partial charge in [-0.1, -0.05) is 24.3 Å². The summed E-state index contributed by atoms with van der Waals surface area (Å²) in [5.41, 5.74) is 7.76. The molecule has 2 aromatic carbocycles. The Hall–Kier alpha value is -3.19. The van der Waals surface area contributed by atoms with Gasteiger partial charge in [-0.05, 0) is 43.7 Å². The molecule has 144 valence electrons. The molecular weight excluding hydrogens is 356 g/mol. The zero-order valence-corrected chi connectivity index (χ0v) is 15.4. The van der Waals surface area contributed by atoms with E-state index in [0.29, 0.717) is 17.8 Å². The van der Waals surface area contributed by atoms with Crippen LogP contribution in [0, 0.1) is 0 Å². The average molecular weight is 378 g/mol. The lowest BCUT2D eigenvalue weighted by Crippen LogP contribution is -2.40. The minimum Gasteiger partial charge on any atom is -0.440 e. The Bertz CT molecular complexity index is 981. The molecular formula is C21H22N4O3. The Kier molecular flexibility index (Phi) is 5.08. The van der Waals surface area contributed by atoms with Gasteiger partial charge in [0.25, 0.3) is 5.91 Å². The number of carbonyl (C=O) groups is 2. The summed E-state index contributed by atoms with van der Waals surface area (Å²) in [5.74, 6) is 0.147. The van der Waals surface area contributed by atoms with E-state index in [2.05, 4.69) is 15.2 Å². The van der Waals surface area contributed by atoms with Gasteiger partial charge in [0.1, 0.15) is 5.52 Å². The summed E-state index contributed by atoms with van der Waals surface area (Å²) in [6.07, 6.45) is 1.95. The van der Waals surface area contributed by atoms with E-state index >= 15 is 0 Å². The molecule has 0 spiro atoms. The van der Waals surface area contributed by atoms with E-state index in [4.69, 9.17) is 10.2 Å². The lowest BCUT2D eigenvalue weighted by Gasteiger charge is -2.30. The molecule has 1 fully saturated rings. The van der Waals surface area contributed by atoms with Gasteiger partial charge < -0.3 is 15.5 Å². The maximum Gasteiger partial charge on any atom is 0.250 e. The Balaban J connectivity index is 1.41. The second-order valence-corrected chi connectivity index (χ2v) is 7.05.